The van der Waals surface area contributed by atoms with Crippen molar-refractivity contribution in [2.24, 2.45) is 0 Å². The Bertz CT molecular complexity index is 289. The number of likely N-dealkylation sites (tertiary alicyclic amines) is 1. The maximum atomic E-state index is 12.2. The molecule has 90 valence electrons. The van der Waals surface area contributed by atoms with Crippen LogP contribution in [0.1, 0.15) is 32.1 Å². The lowest BCUT2D eigenvalue weighted by Crippen LogP contribution is -2.45. The van der Waals surface area contributed by atoms with Crippen molar-refractivity contribution in [1.29, 1.82) is 0 Å². The molecular formula is C11H17NO3S. The lowest BCUT2D eigenvalue weighted by Gasteiger charge is -2.28. The molecule has 2 aliphatic rings. The second-order valence-corrected chi connectivity index (χ2v) is 5.69. The molecular weight excluding hydrogens is 226 g/mol. The molecule has 1 unspecified atom stereocenters. The monoisotopic (exact) mass is 243 g/mol. The van der Waals surface area contributed by atoms with E-state index >= 15 is 0 Å². The van der Waals surface area contributed by atoms with Gasteiger partial charge in [-0.2, -0.15) is 0 Å². The maximum absolute atomic E-state index is 12.2. The standard InChI is InChI=1S/C11H17NO3S/c13-10(9-5-1-2-7-16-9)12-6-3-4-8(12)11(14)15/h8-9H,1-7H2,(H,14,15)/t8-,9?/m1/s1. The molecule has 2 aliphatic heterocycles. The maximum Gasteiger partial charge on any atom is 0.326 e. The molecule has 2 heterocycles. The van der Waals surface area contributed by atoms with Gasteiger partial charge in [0, 0.05) is 6.54 Å². The Labute approximate surface area is 99.4 Å². The lowest BCUT2D eigenvalue weighted by molar-refractivity contribution is -0.148. The van der Waals surface area contributed by atoms with Crippen molar-refractivity contribution in [1.82, 2.24) is 4.90 Å². The van der Waals surface area contributed by atoms with Gasteiger partial charge >= 0.3 is 5.97 Å². The quantitative estimate of drug-likeness (QED) is 0.795. The number of hydrogen-bond donors (Lipinski definition) is 1. The highest BCUT2D eigenvalue weighted by Gasteiger charge is 2.37. The first kappa shape index (κ1) is 11.8. The molecule has 16 heavy (non-hydrogen) atoms. The van der Waals surface area contributed by atoms with Crippen LogP contribution in [0.25, 0.3) is 0 Å². The zero-order chi connectivity index (χ0) is 11.5. The van der Waals surface area contributed by atoms with Crippen molar-refractivity contribution in [3.63, 3.8) is 0 Å². The smallest absolute Gasteiger partial charge is 0.326 e. The van der Waals surface area contributed by atoms with Crippen LogP contribution in [0.4, 0.5) is 0 Å². The van der Waals surface area contributed by atoms with Gasteiger partial charge in [0.1, 0.15) is 6.04 Å². The Balaban J connectivity index is 1.99. The molecule has 5 heteroatoms. The van der Waals surface area contributed by atoms with Gasteiger partial charge in [-0.1, -0.05) is 6.42 Å². The van der Waals surface area contributed by atoms with Gasteiger partial charge in [0.2, 0.25) is 5.91 Å². The van der Waals surface area contributed by atoms with Gasteiger partial charge in [-0.3, -0.25) is 4.79 Å². The van der Waals surface area contributed by atoms with Gasteiger partial charge in [0.15, 0.2) is 0 Å². The van der Waals surface area contributed by atoms with E-state index in [0.29, 0.717) is 13.0 Å². The fourth-order valence-electron chi connectivity index (χ4n) is 2.41. The van der Waals surface area contributed by atoms with Crippen LogP contribution in [0.2, 0.25) is 0 Å². The highest BCUT2D eigenvalue weighted by atomic mass is 32.2. The first-order valence-electron chi connectivity index (χ1n) is 5.85. The number of carboxylic acid groups (broad SMARTS) is 1. The minimum Gasteiger partial charge on any atom is -0.480 e. The van der Waals surface area contributed by atoms with Gasteiger partial charge in [0.05, 0.1) is 5.25 Å². The molecule has 0 spiro atoms. The molecule has 0 aromatic heterocycles. The third-order valence-corrected chi connectivity index (χ3v) is 4.64. The molecule has 0 bridgehead atoms. The van der Waals surface area contributed by atoms with E-state index in [-0.39, 0.29) is 11.2 Å². The highest BCUT2D eigenvalue weighted by molar-refractivity contribution is 8.00. The number of rotatable bonds is 2. The predicted octanol–water partition coefficient (Wildman–Crippen LogP) is 1.35. The summed E-state index contributed by atoms with van der Waals surface area (Å²) in [6.45, 7) is 0.618. The van der Waals surface area contributed by atoms with E-state index in [4.69, 9.17) is 5.11 Å². The largest absolute Gasteiger partial charge is 0.480 e. The zero-order valence-electron chi connectivity index (χ0n) is 9.22. The van der Waals surface area contributed by atoms with Crippen LogP contribution >= 0.6 is 11.8 Å². The van der Waals surface area contributed by atoms with Crippen LogP contribution in [-0.2, 0) is 9.59 Å². The van der Waals surface area contributed by atoms with Crippen LogP contribution in [-0.4, -0.2) is 45.5 Å². The summed E-state index contributed by atoms with van der Waals surface area (Å²) in [7, 11) is 0. The second-order valence-electron chi connectivity index (χ2n) is 4.38. The third kappa shape index (κ3) is 2.34. The number of aliphatic carboxylic acids is 1. The van der Waals surface area contributed by atoms with E-state index in [0.717, 1.165) is 25.0 Å². The normalized spacial score (nSPS) is 30.4. The topological polar surface area (TPSA) is 57.6 Å². The Kier molecular flexibility index (Phi) is 3.74. The van der Waals surface area contributed by atoms with E-state index in [1.807, 2.05) is 0 Å². The van der Waals surface area contributed by atoms with Gasteiger partial charge in [0.25, 0.3) is 0 Å². The van der Waals surface area contributed by atoms with Gasteiger partial charge in [-0.05, 0) is 31.4 Å². The Morgan fingerprint density at radius 1 is 1.19 bits per heavy atom. The van der Waals surface area contributed by atoms with Gasteiger partial charge in [-0.25, -0.2) is 4.79 Å². The number of nitrogens with zero attached hydrogens (tertiary/aromatic N) is 1. The highest BCUT2D eigenvalue weighted by Crippen LogP contribution is 2.29. The molecule has 0 aliphatic carbocycles. The summed E-state index contributed by atoms with van der Waals surface area (Å²) in [6, 6.07) is -0.574. The van der Waals surface area contributed by atoms with Crippen LogP contribution in [0, 0.1) is 0 Å². The Morgan fingerprint density at radius 2 is 2.00 bits per heavy atom. The molecule has 1 amide bonds. The summed E-state index contributed by atoms with van der Waals surface area (Å²) >= 11 is 1.69. The average Bonchev–Trinajstić information content (AvgIpc) is 2.78. The fourth-order valence-corrected chi connectivity index (χ4v) is 3.67. The number of hydrogen-bond acceptors (Lipinski definition) is 3. The molecule has 2 fully saturated rings. The van der Waals surface area contributed by atoms with Crippen LogP contribution in [0.15, 0.2) is 0 Å². The summed E-state index contributed by atoms with van der Waals surface area (Å²) in [4.78, 5) is 24.7. The molecule has 2 rings (SSSR count). The van der Waals surface area contributed by atoms with E-state index in [1.165, 1.54) is 6.42 Å². The van der Waals surface area contributed by atoms with E-state index in [9.17, 15) is 9.59 Å². The summed E-state index contributed by atoms with van der Waals surface area (Å²) in [5.74, 6) is 0.225. The molecule has 0 aromatic carbocycles. The molecule has 4 nitrogen and oxygen atoms in total. The summed E-state index contributed by atoms with van der Waals surface area (Å²) in [6.07, 6.45) is 4.61. The molecule has 2 saturated heterocycles. The number of carboxylic acids is 1. The van der Waals surface area contributed by atoms with Crippen LogP contribution < -0.4 is 0 Å². The second kappa shape index (κ2) is 5.08. The van der Waals surface area contributed by atoms with Crippen molar-refractivity contribution in [2.75, 3.05) is 12.3 Å². The minimum atomic E-state index is -0.855. The number of thioether (sulfide) groups is 1. The first-order valence-corrected chi connectivity index (χ1v) is 6.90. The summed E-state index contributed by atoms with van der Waals surface area (Å²) < 4.78 is 0. The molecule has 0 radical (unpaired) electrons. The van der Waals surface area contributed by atoms with Crippen LogP contribution in [0.3, 0.4) is 0 Å². The molecule has 1 N–H and O–H groups in total. The SMILES string of the molecule is O=C(O)[C@H]1CCCN1C(=O)C1CCCCS1. The number of amides is 1. The molecule has 2 atom stereocenters. The van der Waals surface area contributed by atoms with Gasteiger partial charge in [-0.15, -0.1) is 11.8 Å². The zero-order valence-corrected chi connectivity index (χ0v) is 10.0. The van der Waals surface area contributed by atoms with Gasteiger partial charge < -0.3 is 10.0 Å². The van der Waals surface area contributed by atoms with Crippen LogP contribution in [0.5, 0.6) is 0 Å². The molecule has 0 aromatic rings. The van der Waals surface area contributed by atoms with Crippen molar-refractivity contribution < 1.29 is 14.7 Å². The molecule has 0 saturated carbocycles. The third-order valence-electron chi connectivity index (χ3n) is 3.28. The Hall–Kier alpha value is -0.710. The lowest BCUT2D eigenvalue weighted by atomic mass is 10.1. The van der Waals surface area contributed by atoms with Crippen molar-refractivity contribution in [2.45, 2.75) is 43.4 Å². The average molecular weight is 243 g/mol. The minimum absolute atomic E-state index is 0.00806. The number of carbonyl (C=O) groups excluding carboxylic acids is 1. The summed E-state index contributed by atoms with van der Waals surface area (Å²) in [5.41, 5.74) is 0. The summed E-state index contributed by atoms with van der Waals surface area (Å²) in [5, 5.41) is 9.04. The van der Waals surface area contributed by atoms with Crippen molar-refractivity contribution in [3.8, 4) is 0 Å². The van der Waals surface area contributed by atoms with E-state index < -0.39 is 12.0 Å². The van der Waals surface area contributed by atoms with E-state index in [2.05, 4.69) is 0 Å². The van der Waals surface area contributed by atoms with E-state index in [1.54, 1.807) is 16.7 Å². The first-order chi connectivity index (χ1) is 7.70. The number of carbonyl (C=O) groups is 2. The fraction of sp³-hybridized carbons (Fsp3) is 0.818. The predicted molar refractivity (Wildman–Crippen MR) is 62.5 cm³/mol. The van der Waals surface area contributed by atoms with Crippen molar-refractivity contribution in [3.05, 3.63) is 0 Å². The van der Waals surface area contributed by atoms with Crippen molar-refractivity contribution >= 4 is 23.6 Å². The Morgan fingerprint density at radius 3 is 2.62 bits per heavy atom.